The van der Waals surface area contributed by atoms with Crippen molar-refractivity contribution in [1.82, 2.24) is 0 Å². The van der Waals surface area contributed by atoms with Crippen LogP contribution in [-0.4, -0.2) is 32.4 Å². The van der Waals surface area contributed by atoms with Gasteiger partial charge in [-0.15, -0.1) is 0 Å². The number of carbonyl (C=O) groups is 1. The van der Waals surface area contributed by atoms with E-state index < -0.39 is 47.2 Å². The normalized spacial score (nSPS) is 10.8. The van der Waals surface area contributed by atoms with E-state index >= 15 is 0 Å². The number of esters is 1. The molecule has 0 bridgehead atoms. The largest absolute Gasteiger partial charge is 0.420 e. The summed E-state index contributed by atoms with van der Waals surface area (Å²) in [6, 6.07) is 0. The average Bonchev–Trinajstić information content (AvgIpc) is 2.51. The summed E-state index contributed by atoms with van der Waals surface area (Å²) in [6.45, 7) is 2.60. The van der Waals surface area contributed by atoms with Crippen LogP contribution < -0.4 is 4.74 Å². The van der Waals surface area contributed by atoms with Crippen molar-refractivity contribution in [2.75, 3.05) is 26.4 Å². The predicted molar refractivity (Wildman–Crippen MR) is 63.8 cm³/mol. The molecule has 1 aromatic rings. The maximum absolute atomic E-state index is 13.2. The Morgan fingerprint density at radius 3 is 1.86 bits per heavy atom. The van der Waals surface area contributed by atoms with Crippen LogP contribution in [0.15, 0.2) is 0 Å². The van der Waals surface area contributed by atoms with Crippen LogP contribution in [-0.2, 0) is 14.3 Å². The second-order valence-corrected chi connectivity index (χ2v) is 3.93. The van der Waals surface area contributed by atoms with Crippen molar-refractivity contribution in [1.29, 1.82) is 0 Å². The van der Waals surface area contributed by atoms with Gasteiger partial charge in [0.1, 0.15) is 0 Å². The van der Waals surface area contributed by atoms with Gasteiger partial charge in [-0.1, -0.05) is 0 Å². The van der Waals surface area contributed by atoms with Crippen LogP contribution in [0, 0.1) is 29.1 Å². The van der Waals surface area contributed by atoms with Gasteiger partial charge < -0.3 is 14.2 Å². The van der Waals surface area contributed by atoms with Crippen LogP contribution in [0.5, 0.6) is 5.75 Å². The molecule has 0 saturated carbocycles. The van der Waals surface area contributed by atoms with E-state index in [2.05, 4.69) is 4.74 Å². The summed E-state index contributed by atoms with van der Waals surface area (Å²) in [6.07, 6.45) is -0.425. The van der Waals surface area contributed by atoms with Gasteiger partial charge in [-0.05, 0) is 6.92 Å². The lowest BCUT2D eigenvalue weighted by molar-refractivity contribution is -0.136. The first-order valence-electron chi connectivity index (χ1n) is 6.27. The predicted octanol–water partition coefficient (Wildman–Crippen LogP) is 2.73. The maximum atomic E-state index is 13.2. The Labute approximate surface area is 122 Å². The third kappa shape index (κ3) is 4.63. The third-order valence-corrected chi connectivity index (χ3v) is 2.41. The molecule has 0 aliphatic carbocycles. The Kier molecular flexibility index (Phi) is 7.19. The Hall–Kier alpha value is -1.74. The van der Waals surface area contributed by atoms with Crippen LogP contribution in [0.25, 0.3) is 0 Å². The van der Waals surface area contributed by atoms with Gasteiger partial charge in [0, 0.05) is 6.61 Å². The van der Waals surface area contributed by atoms with Crippen LogP contribution in [0.2, 0.25) is 0 Å². The van der Waals surface area contributed by atoms with E-state index in [0.717, 1.165) is 0 Å². The minimum atomic E-state index is -2.32. The summed E-state index contributed by atoms with van der Waals surface area (Å²) in [5.74, 6) is -13.9. The molecule has 0 amide bonds. The topological polar surface area (TPSA) is 44.8 Å². The minimum absolute atomic E-state index is 0.151. The molecule has 22 heavy (non-hydrogen) atoms. The highest BCUT2D eigenvalue weighted by atomic mass is 19.2. The quantitative estimate of drug-likeness (QED) is 0.184. The van der Waals surface area contributed by atoms with Gasteiger partial charge in [-0.2, -0.15) is 8.78 Å². The Balaban J connectivity index is 2.58. The lowest BCUT2D eigenvalue weighted by atomic mass is 10.2. The first-order valence-corrected chi connectivity index (χ1v) is 6.27. The summed E-state index contributed by atoms with van der Waals surface area (Å²) >= 11 is 0. The first kappa shape index (κ1) is 18.3. The maximum Gasteiger partial charge on any atom is 0.313 e. The molecular weight excluding hydrogens is 315 g/mol. The van der Waals surface area contributed by atoms with Crippen LogP contribution in [0.1, 0.15) is 13.3 Å². The highest BCUT2D eigenvalue weighted by Gasteiger charge is 2.28. The van der Waals surface area contributed by atoms with Crippen molar-refractivity contribution >= 4 is 5.97 Å². The van der Waals surface area contributed by atoms with Crippen molar-refractivity contribution in [3.8, 4) is 5.75 Å². The number of carbonyl (C=O) groups excluding carboxylic acids is 1. The molecule has 1 aromatic carbocycles. The first-order chi connectivity index (χ1) is 10.4. The monoisotopic (exact) mass is 328 g/mol. The molecule has 0 N–H and O–H groups in total. The summed E-state index contributed by atoms with van der Waals surface area (Å²) in [5, 5.41) is 0. The SMILES string of the molecule is CCOCCOCCC(=O)Oc1c(F)c(F)c(F)c(F)c1F. The smallest absolute Gasteiger partial charge is 0.313 e. The molecule has 0 aliphatic heterocycles. The summed E-state index contributed by atoms with van der Waals surface area (Å²) in [7, 11) is 0. The van der Waals surface area contributed by atoms with E-state index in [1.165, 1.54) is 0 Å². The summed E-state index contributed by atoms with van der Waals surface area (Å²) in [4.78, 5) is 11.3. The highest BCUT2D eigenvalue weighted by molar-refractivity contribution is 5.72. The van der Waals surface area contributed by atoms with Gasteiger partial charge in [0.05, 0.1) is 26.2 Å². The molecule has 0 fully saturated rings. The molecule has 4 nitrogen and oxygen atoms in total. The van der Waals surface area contributed by atoms with E-state index in [4.69, 9.17) is 9.47 Å². The second-order valence-electron chi connectivity index (χ2n) is 3.93. The van der Waals surface area contributed by atoms with Crippen molar-refractivity contribution in [3.05, 3.63) is 29.1 Å². The molecule has 0 spiro atoms. The van der Waals surface area contributed by atoms with E-state index in [9.17, 15) is 26.7 Å². The van der Waals surface area contributed by atoms with Crippen molar-refractivity contribution in [2.24, 2.45) is 0 Å². The fourth-order valence-corrected chi connectivity index (χ4v) is 1.36. The van der Waals surface area contributed by atoms with E-state index in [-0.39, 0.29) is 13.2 Å². The zero-order chi connectivity index (χ0) is 16.7. The average molecular weight is 328 g/mol. The van der Waals surface area contributed by atoms with Gasteiger partial charge in [0.25, 0.3) is 0 Å². The van der Waals surface area contributed by atoms with Crippen LogP contribution in [0.3, 0.4) is 0 Å². The lowest BCUT2D eigenvalue weighted by Crippen LogP contribution is -2.16. The molecule has 0 unspecified atom stereocenters. The van der Waals surface area contributed by atoms with Gasteiger partial charge in [0.15, 0.2) is 0 Å². The third-order valence-electron chi connectivity index (χ3n) is 2.41. The van der Waals surface area contributed by atoms with Gasteiger partial charge in [-0.3, -0.25) is 4.79 Å². The molecule has 0 radical (unpaired) electrons. The zero-order valence-electron chi connectivity index (χ0n) is 11.6. The van der Waals surface area contributed by atoms with Crippen LogP contribution in [0.4, 0.5) is 22.0 Å². The Bertz CT molecular complexity index is 507. The standard InChI is InChI=1S/C13H13F5O4/c1-2-20-5-6-21-4-3-7(19)22-13-11(17)9(15)8(14)10(16)12(13)18/h2-6H2,1H3. The zero-order valence-corrected chi connectivity index (χ0v) is 11.6. The second kappa shape index (κ2) is 8.64. The Morgan fingerprint density at radius 1 is 0.818 bits per heavy atom. The van der Waals surface area contributed by atoms with Crippen molar-refractivity contribution in [2.45, 2.75) is 13.3 Å². The number of ether oxygens (including phenoxy) is 3. The summed E-state index contributed by atoms with van der Waals surface area (Å²) < 4.78 is 79.1. The molecule has 124 valence electrons. The molecule has 0 aromatic heterocycles. The fourth-order valence-electron chi connectivity index (χ4n) is 1.36. The molecule has 0 heterocycles. The lowest BCUT2D eigenvalue weighted by Gasteiger charge is -2.09. The van der Waals surface area contributed by atoms with Crippen molar-refractivity contribution in [3.63, 3.8) is 0 Å². The summed E-state index contributed by atoms with van der Waals surface area (Å²) in [5.41, 5.74) is 0. The number of halogens is 5. The van der Waals surface area contributed by atoms with Gasteiger partial charge in [0.2, 0.25) is 34.8 Å². The number of benzene rings is 1. The van der Waals surface area contributed by atoms with Crippen molar-refractivity contribution < 1.29 is 41.0 Å². The number of hydrogen-bond acceptors (Lipinski definition) is 4. The molecule has 1 rings (SSSR count). The van der Waals surface area contributed by atoms with Gasteiger partial charge in [-0.25, -0.2) is 13.2 Å². The molecule has 0 aliphatic rings. The minimum Gasteiger partial charge on any atom is -0.420 e. The highest BCUT2D eigenvalue weighted by Crippen LogP contribution is 2.29. The van der Waals surface area contributed by atoms with E-state index in [0.29, 0.717) is 13.2 Å². The van der Waals surface area contributed by atoms with E-state index in [1.807, 2.05) is 0 Å². The van der Waals surface area contributed by atoms with E-state index in [1.54, 1.807) is 6.92 Å². The molecule has 9 heteroatoms. The molecule has 0 saturated heterocycles. The molecular formula is C13H13F5O4. The number of hydrogen-bond donors (Lipinski definition) is 0. The van der Waals surface area contributed by atoms with Crippen LogP contribution >= 0.6 is 0 Å². The van der Waals surface area contributed by atoms with Gasteiger partial charge >= 0.3 is 5.97 Å². The fraction of sp³-hybridized carbons (Fsp3) is 0.462. The Morgan fingerprint density at radius 2 is 1.32 bits per heavy atom. The molecule has 0 atom stereocenters. The number of rotatable bonds is 8.